The van der Waals surface area contributed by atoms with Crippen LogP contribution in [0, 0.1) is 0 Å². The molecule has 1 fully saturated rings. The molecule has 1 aromatic carbocycles. The van der Waals surface area contributed by atoms with E-state index in [0.29, 0.717) is 11.1 Å². The first kappa shape index (κ1) is 14.6. The Labute approximate surface area is 113 Å². The maximum Gasteiger partial charge on any atom is 0.137 e. The van der Waals surface area contributed by atoms with Crippen molar-refractivity contribution in [2.45, 2.75) is 12.5 Å². The fraction of sp³-hybridized carbons (Fsp3) is 0.500. The summed E-state index contributed by atoms with van der Waals surface area (Å²) >= 11 is 5.99. The number of piperazine rings is 1. The van der Waals surface area contributed by atoms with Gasteiger partial charge < -0.3 is 15.4 Å². The zero-order valence-corrected chi connectivity index (χ0v) is 11.4. The van der Waals surface area contributed by atoms with Crippen LogP contribution in [0.5, 0.6) is 5.75 Å². The number of halogens is 2. The molecule has 0 bridgehead atoms. The van der Waals surface area contributed by atoms with Gasteiger partial charge in [0.05, 0.1) is 12.1 Å². The average molecular weight is 277 g/mol. The summed E-state index contributed by atoms with van der Waals surface area (Å²) in [6, 6.07) is 6.46. The van der Waals surface area contributed by atoms with Crippen LogP contribution in [-0.2, 0) is 6.42 Å². The number of ether oxygens (including phenoxy) is 1. The highest BCUT2D eigenvalue weighted by atomic mass is 35.5. The van der Waals surface area contributed by atoms with Crippen molar-refractivity contribution in [2.75, 3.05) is 26.7 Å². The summed E-state index contributed by atoms with van der Waals surface area (Å²) in [7, 11) is 1.64. The maximum atomic E-state index is 5.99. The van der Waals surface area contributed by atoms with Gasteiger partial charge in [-0.2, -0.15) is 0 Å². The zero-order valence-electron chi connectivity index (χ0n) is 9.83. The largest absolute Gasteiger partial charge is 0.495 e. The first-order valence-corrected chi connectivity index (χ1v) is 5.94. The van der Waals surface area contributed by atoms with E-state index in [1.165, 1.54) is 5.56 Å². The van der Waals surface area contributed by atoms with Gasteiger partial charge in [0, 0.05) is 25.7 Å². The second-order valence-corrected chi connectivity index (χ2v) is 4.44. The Hall–Kier alpha value is -0.480. The van der Waals surface area contributed by atoms with Crippen molar-refractivity contribution < 1.29 is 4.74 Å². The molecule has 96 valence electrons. The first-order valence-electron chi connectivity index (χ1n) is 5.56. The van der Waals surface area contributed by atoms with E-state index in [2.05, 4.69) is 16.7 Å². The third-order valence-electron chi connectivity index (χ3n) is 2.82. The summed E-state index contributed by atoms with van der Waals surface area (Å²) in [5.74, 6) is 0.753. The molecular formula is C12H18Cl2N2O. The molecule has 1 atom stereocenters. The lowest BCUT2D eigenvalue weighted by molar-refractivity contribution is 0.408. The van der Waals surface area contributed by atoms with Crippen LogP contribution in [0.4, 0.5) is 0 Å². The summed E-state index contributed by atoms with van der Waals surface area (Å²) in [5, 5.41) is 7.53. The predicted octanol–water partition coefficient (Wildman–Crippen LogP) is 1.87. The molecule has 1 heterocycles. The number of hydrogen-bond acceptors (Lipinski definition) is 3. The lowest BCUT2D eigenvalue weighted by Crippen LogP contribution is -2.49. The van der Waals surface area contributed by atoms with Crippen molar-refractivity contribution in [3.63, 3.8) is 0 Å². The van der Waals surface area contributed by atoms with Gasteiger partial charge in [-0.05, 0) is 24.1 Å². The molecule has 1 aliphatic rings. The second-order valence-electron chi connectivity index (χ2n) is 4.03. The van der Waals surface area contributed by atoms with E-state index in [1.54, 1.807) is 7.11 Å². The van der Waals surface area contributed by atoms with Crippen molar-refractivity contribution in [3.8, 4) is 5.75 Å². The lowest BCUT2D eigenvalue weighted by Gasteiger charge is -2.24. The van der Waals surface area contributed by atoms with Crippen LogP contribution in [-0.4, -0.2) is 32.8 Å². The Bertz CT molecular complexity index is 354. The van der Waals surface area contributed by atoms with Gasteiger partial charge in [-0.3, -0.25) is 0 Å². The molecule has 1 aliphatic heterocycles. The smallest absolute Gasteiger partial charge is 0.137 e. The van der Waals surface area contributed by atoms with Crippen LogP contribution in [0.25, 0.3) is 0 Å². The van der Waals surface area contributed by atoms with E-state index in [9.17, 15) is 0 Å². The molecule has 17 heavy (non-hydrogen) atoms. The Morgan fingerprint density at radius 3 is 2.88 bits per heavy atom. The fourth-order valence-corrected chi connectivity index (χ4v) is 2.17. The predicted molar refractivity (Wildman–Crippen MR) is 73.6 cm³/mol. The normalized spacial score (nSPS) is 19.5. The van der Waals surface area contributed by atoms with Crippen molar-refractivity contribution in [2.24, 2.45) is 0 Å². The molecule has 3 nitrogen and oxygen atoms in total. The molecule has 0 aromatic heterocycles. The van der Waals surface area contributed by atoms with Crippen molar-refractivity contribution in [3.05, 3.63) is 28.8 Å². The molecule has 1 aromatic rings. The summed E-state index contributed by atoms with van der Waals surface area (Å²) in [6.45, 7) is 3.11. The van der Waals surface area contributed by atoms with Crippen LogP contribution >= 0.6 is 24.0 Å². The average Bonchev–Trinajstić information content (AvgIpc) is 2.33. The Morgan fingerprint density at radius 1 is 1.41 bits per heavy atom. The summed E-state index contributed by atoms with van der Waals surface area (Å²) in [5.41, 5.74) is 1.25. The van der Waals surface area contributed by atoms with Crippen molar-refractivity contribution in [1.29, 1.82) is 0 Å². The first-order chi connectivity index (χ1) is 7.79. The van der Waals surface area contributed by atoms with Gasteiger partial charge in [-0.25, -0.2) is 0 Å². The molecule has 2 rings (SSSR count). The molecule has 0 aliphatic carbocycles. The second kappa shape index (κ2) is 7.07. The number of methoxy groups -OCH3 is 1. The van der Waals surface area contributed by atoms with Gasteiger partial charge in [0.25, 0.3) is 0 Å². The highest BCUT2D eigenvalue weighted by Crippen LogP contribution is 2.25. The third kappa shape index (κ3) is 4.03. The maximum absolute atomic E-state index is 5.99. The number of hydrogen-bond donors (Lipinski definition) is 2. The van der Waals surface area contributed by atoms with Crippen LogP contribution in [0.3, 0.4) is 0 Å². The SMILES string of the molecule is COc1cc(CC2CNCCN2)ccc1Cl.Cl. The molecular weight excluding hydrogens is 259 g/mol. The molecule has 0 amide bonds. The number of nitrogens with one attached hydrogen (secondary N) is 2. The minimum atomic E-state index is 0. The monoisotopic (exact) mass is 276 g/mol. The lowest BCUT2D eigenvalue weighted by atomic mass is 10.0. The number of benzene rings is 1. The third-order valence-corrected chi connectivity index (χ3v) is 3.14. The topological polar surface area (TPSA) is 33.3 Å². The van der Waals surface area contributed by atoms with Crippen LogP contribution in [0.1, 0.15) is 5.56 Å². The molecule has 1 saturated heterocycles. The summed E-state index contributed by atoms with van der Waals surface area (Å²) < 4.78 is 5.21. The molecule has 0 saturated carbocycles. The van der Waals surface area contributed by atoms with Gasteiger partial charge in [-0.15, -0.1) is 12.4 Å². The Kier molecular flexibility index (Phi) is 6.06. The summed E-state index contributed by atoms with van der Waals surface area (Å²) in [4.78, 5) is 0. The van der Waals surface area contributed by atoms with E-state index in [-0.39, 0.29) is 12.4 Å². The van der Waals surface area contributed by atoms with Crippen LogP contribution in [0.15, 0.2) is 18.2 Å². The number of rotatable bonds is 3. The standard InChI is InChI=1S/C12H17ClN2O.ClH/c1-16-12-7-9(2-3-11(12)13)6-10-8-14-4-5-15-10;/h2-3,7,10,14-15H,4-6,8H2,1H3;1H. The van der Waals surface area contributed by atoms with Gasteiger partial charge in [0.1, 0.15) is 5.75 Å². The molecule has 0 spiro atoms. The molecule has 2 N–H and O–H groups in total. The van der Waals surface area contributed by atoms with Gasteiger partial charge in [0.15, 0.2) is 0 Å². The fourth-order valence-electron chi connectivity index (χ4n) is 1.97. The summed E-state index contributed by atoms with van der Waals surface area (Å²) in [6.07, 6.45) is 1.00. The van der Waals surface area contributed by atoms with E-state index in [1.807, 2.05) is 12.1 Å². The highest BCUT2D eigenvalue weighted by Gasteiger charge is 2.13. The van der Waals surface area contributed by atoms with Gasteiger partial charge in [-0.1, -0.05) is 17.7 Å². The van der Waals surface area contributed by atoms with Crippen molar-refractivity contribution in [1.82, 2.24) is 10.6 Å². The molecule has 1 unspecified atom stereocenters. The van der Waals surface area contributed by atoms with Gasteiger partial charge >= 0.3 is 0 Å². The van der Waals surface area contributed by atoms with E-state index in [0.717, 1.165) is 31.8 Å². The highest BCUT2D eigenvalue weighted by molar-refractivity contribution is 6.32. The van der Waals surface area contributed by atoms with E-state index < -0.39 is 0 Å². The van der Waals surface area contributed by atoms with Crippen LogP contribution < -0.4 is 15.4 Å². The minimum absolute atomic E-state index is 0. The molecule has 5 heteroatoms. The van der Waals surface area contributed by atoms with Crippen molar-refractivity contribution >= 4 is 24.0 Å². The van der Waals surface area contributed by atoms with E-state index in [4.69, 9.17) is 16.3 Å². The Balaban J connectivity index is 0.00000144. The van der Waals surface area contributed by atoms with E-state index >= 15 is 0 Å². The quantitative estimate of drug-likeness (QED) is 0.885. The Morgan fingerprint density at radius 2 is 2.24 bits per heavy atom. The zero-order chi connectivity index (χ0) is 11.4. The van der Waals surface area contributed by atoms with Gasteiger partial charge in [0.2, 0.25) is 0 Å². The molecule has 0 radical (unpaired) electrons. The van der Waals surface area contributed by atoms with Crippen LogP contribution in [0.2, 0.25) is 5.02 Å². The minimum Gasteiger partial charge on any atom is -0.495 e.